The van der Waals surface area contributed by atoms with E-state index in [4.69, 9.17) is 9.16 Å². The predicted octanol–water partition coefficient (Wildman–Crippen LogP) is 7.44. The van der Waals surface area contributed by atoms with Gasteiger partial charge in [0, 0.05) is 12.2 Å². The highest BCUT2D eigenvalue weighted by molar-refractivity contribution is 6.99. The highest BCUT2D eigenvalue weighted by Crippen LogP contribution is 2.37. The first-order valence-corrected chi connectivity index (χ1v) is 16.5. The maximum Gasteiger partial charge on any atom is 0.412 e. The van der Waals surface area contributed by atoms with Gasteiger partial charge in [0.25, 0.3) is 8.32 Å². The van der Waals surface area contributed by atoms with Gasteiger partial charge in [-0.05, 0) is 53.4 Å². The molecule has 0 unspecified atom stereocenters. The largest absolute Gasteiger partial charge is 0.444 e. The van der Waals surface area contributed by atoms with Crippen molar-refractivity contribution in [2.45, 2.75) is 64.8 Å². The van der Waals surface area contributed by atoms with Gasteiger partial charge in [0.05, 0.1) is 12.6 Å². The molecule has 4 aromatic carbocycles. The molecular weight excluding hydrogens is 536 g/mol. The zero-order valence-electron chi connectivity index (χ0n) is 25.7. The molecule has 0 aromatic heterocycles. The molecule has 0 saturated carbocycles. The van der Waals surface area contributed by atoms with Crippen molar-refractivity contribution in [1.82, 2.24) is 5.32 Å². The van der Waals surface area contributed by atoms with Crippen LogP contribution in [0.5, 0.6) is 0 Å². The van der Waals surface area contributed by atoms with Crippen LogP contribution < -0.4 is 21.0 Å². The van der Waals surface area contributed by atoms with Crippen molar-refractivity contribution in [3.05, 3.63) is 126 Å². The summed E-state index contributed by atoms with van der Waals surface area (Å²) < 4.78 is 12.8. The molecule has 42 heavy (non-hydrogen) atoms. The van der Waals surface area contributed by atoms with Crippen LogP contribution in [-0.2, 0) is 15.7 Å². The number of carbonyl (C=O) groups is 1. The molecule has 0 spiro atoms. The zero-order chi connectivity index (χ0) is 30.2. The van der Waals surface area contributed by atoms with E-state index >= 15 is 0 Å². The second-order valence-electron chi connectivity index (χ2n) is 12.6. The SMILES string of the molecule is CC(C)(C)OC(=O)Nc1ccccc1CN[C@@H](CO[Si](c1ccccc1)(c1ccccc1)C(C)(C)C)c1ccccc1. The summed E-state index contributed by atoms with van der Waals surface area (Å²) in [5.41, 5.74) is 2.26. The standard InChI is InChI=1S/C36H44N2O3Si/c1-35(2,3)41-34(39)38-32-25-17-16-20-29(32)26-37-33(28-18-10-7-11-19-28)27-40-42(36(4,5)6,30-21-12-8-13-22-30)31-23-14-9-15-24-31/h7-25,33,37H,26-27H2,1-6H3,(H,38,39)/t33-/m0/s1. The van der Waals surface area contributed by atoms with Crippen LogP contribution in [-0.4, -0.2) is 26.6 Å². The van der Waals surface area contributed by atoms with Crippen LogP contribution in [0.25, 0.3) is 0 Å². The van der Waals surface area contributed by atoms with Gasteiger partial charge < -0.3 is 14.5 Å². The van der Waals surface area contributed by atoms with E-state index in [0.29, 0.717) is 13.2 Å². The lowest BCUT2D eigenvalue weighted by molar-refractivity contribution is 0.0635. The van der Waals surface area contributed by atoms with Crippen LogP contribution >= 0.6 is 0 Å². The van der Waals surface area contributed by atoms with E-state index in [9.17, 15) is 4.79 Å². The molecule has 1 atom stereocenters. The van der Waals surface area contributed by atoms with Crippen LogP contribution in [0.15, 0.2) is 115 Å². The summed E-state index contributed by atoms with van der Waals surface area (Å²) in [5, 5.41) is 9.05. The number of carbonyl (C=O) groups excluding carboxylic acids is 1. The lowest BCUT2D eigenvalue weighted by Gasteiger charge is -2.43. The number of para-hydroxylation sites is 1. The van der Waals surface area contributed by atoms with E-state index in [1.54, 1.807) is 0 Å². The Hall–Kier alpha value is -3.71. The van der Waals surface area contributed by atoms with Gasteiger partial charge >= 0.3 is 6.09 Å². The van der Waals surface area contributed by atoms with E-state index in [1.165, 1.54) is 10.4 Å². The minimum atomic E-state index is -2.72. The van der Waals surface area contributed by atoms with E-state index in [1.807, 2.05) is 51.1 Å². The Morgan fingerprint density at radius 2 is 1.21 bits per heavy atom. The highest BCUT2D eigenvalue weighted by atomic mass is 28.4. The second-order valence-corrected chi connectivity index (χ2v) is 16.9. The van der Waals surface area contributed by atoms with Crippen molar-refractivity contribution >= 4 is 30.5 Å². The molecule has 0 heterocycles. The van der Waals surface area contributed by atoms with Crippen LogP contribution in [0, 0.1) is 0 Å². The number of benzene rings is 4. The van der Waals surface area contributed by atoms with Crippen molar-refractivity contribution in [1.29, 1.82) is 0 Å². The summed E-state index contributed by atoms with van der Waals surface area (Å²) in [6, 6.07) is 39.6. The normalized spacial score (nSPS) is 12.9. The second kappa shape index (κ2) is 13.5. The van der Waals surface area contributed by atoms with Gasteiger partial charge in [0.1, 0.15) is 5.60 Å². The fourth-order valence-electron chi connectivity index (χ4n) is 5.37. The maximum atomic E-state index is 12.5. The maximum absolute atomic E-state index is 12.5. The molecule has 4 rings (SSSR count). The van der Waals surface area contributed by atoms with Crippen LogP contribution in [0.4, 0.5) is 10.5 Å². The number of anilines is 1. The molecule has 4 aromatic rings. The van der Waals surface area contributed by atoms with Crippen molar-refractivity contribution < 1.29 is 14.0 Å². The summed E-state index contributed by atoms with van der Waals surface area (Å²) in [6.07, 6.45) is -0.468. The van der Waals surface area contributed by atoms with Gasteiger partial charge in [0.2, 0.25) is 0 Å². The Labute approximate surface area is 252 Å². The average Bonchev–Trinajstić information content (AvgIpc) is 2.95. The molecule has 1 amide bonds. The minimum absolute atomic E-state index is 0.0811. The third kappa shape index (κ3) is 7.76. The Balaban J connectivity index is 1.64. The summed E-state index contributed by atoms with van der Waals surface area (Å²) in [7, 11) is -2.72. The zero-order valence-corrected chi connectivity index (χ0v) is 26.7. The lowest BCUT2D eigenvalue weighted by atomic mass is 10.1. The van der Waals surface area contributed by atoms with Crippen LogP contribution in [0.2, 0.25) is 5.04 Å². The van der Waals surface area contributed by atoms with E-state index in [0.717, 1.165) is 16.8 Å². The summed E-state index contributed by atoms with van der Waals surface area (Å²) in [5.74, 6) is 0. The fraction of sp³-hybridized carbons (Fsp3) is 0.306. The molecule has 0 aliphatic rings. The summed E-state index contributed by atoms with van der Waals surface area (Å²) >= 11 is 0. The molecule has 0 aliphatic carbocycles. The first-order chi connectivity index (χ1) is 20.0. The molecule has 0 saturated heterocycles. The number of ether oxygens (including phenoxy) is 1. The van der Waals surface area contributed by atoms with Crippen molar-refractivity contribution in [2.24, 2.45) is 0 Å². The summed E-state index contributed by atoms with van der Waals surface area (Å²) in [4.78, 5) is 12.5. The number of nitrogens with one attached hydrogen (secondary N) is 2. The van der Waals surface area contributed by atoms with Crippen molar-refractivity contribution in [3.8, 4) is 0 Å². The lowest BCUT2D eigenvalue weighted by Crippen LogP contribution is -2.67. The molecule has 220 valence electrons. The smallest absolute Gasteiger partial charge is 0.412 e. The number of hydrogen-bond donors (Lipinski definition) is 2. The molecule has 0 radical (unpaired) electrons. The topological polar surface area (TPSA) is 59.6 Å². The molecule has 0 aliphatic heterocycles. The third-order valence-electron chi connectivity index (χ3n) is 7.28. The van der Waals surface area contributed by atoms with Crippen LogP contribution in [0.1, 0.15) is 58.7 Å². The molecular formula is C36H44N2O3Si. The average molecular weight is 581 g/mol. The Bertz CT molecular complexity index is 1380. The monoisotopic (exact) mass is 580 g/mol. The highest BCUT2D eigenvalue weighted by Gasteiger charge is 2.50. The van der Waals surface area contributed by atoms with Gasteiger partial charge in [-0.25, -0.2) is 4.79 Å². The number of hydrogen-bond acceptors (Lipinski definition) is 4. The minimum Gasteiger partial charge on any atom is -0.444 e. The predicted molar refractivity (Wildman–Crippen MR) is 176 cm³/mol. The molecule has 2 N–H and O–H groups in total. The van der Waals surface area contributed by atoms with E-state index < -0.39 is 20.0 Å². The Morgan fingerprint density at radius 1 is 0.714 bits per heavy atom. The Kier molecular flexibility index (Phi) is 10.0. The molecule has 0 bridgehead atoms. The van der Waals surface area contributed by atoms with Gasteiger partial charge in [-0.1, -0.05) is 130 Å². The fourth-order valence-corrected chi connectivity index (χ4v) is 9.94. The van der Waals surface area contributed by atoms with Gasteiger partial charge in [0.15, 0.2) is 0 Å². The quantitative estimate of drug-likeness (QED) is 0.191. The molecule has 6 heteroatoms. The number of amides is 1. The molecule has 0 fully saturated rings. The van der Waals surface area contributed by atoms with Gasteiger partial charge in [-0.3, -0.25) is 5.32 Å². The van der Waals surface area contributed by atoms with E-state index in [-0.39, 0.29) is 11.1 Å². The third-order valence-corrected chi connectivity index (χ3v) is 12.3. The first-order valence-electron chi connectivity index (χ1n) is 14.6. The van der Waals surface area contributed by atoms with Crippen LogP contribution in [0.3, 0.4) is 0 Å². The molecule has 5 nitrogen and oxygen atoms in total. The number of rotatable bonds is 10. The van der Waals surface area contributed by atoms with E-state index in [2.05, 4.69) is 116 Å². The van der Waals surface area contributed by atoms with Crippen molar-refractivity contribution in [3.63, 3.8) is 0 Å². The Morgan fingerprint density at radius 3 is 1.74 bits per heavy atom. The summed E-state index contributed by atoms with van der Waals surface area (Å²) in [6.45, 7) is 13.5. The van der Waals surface area contributed by atoms with Gasteiger partial charge in [-0.2, -0.15) is 0 Å². The first kappa shape index (κ1) is 31.2. The van der Waals surface area contributed by atoms with Gasteiger partial charge in [-0.15, -0.1) is 0 Å². The van der Waals surface area contributed by atoms with Crippen molar-refractivity contribution in [2.75, 3.05) is 11.9 Å².